The molecule has 1 aliphatic carbocycles. The highest BCUT2D eigenvalue weighted by atomic mass is 79.9. The molecular weight excluding hydrogens is 317 g/mol. The highest BCUT2D eigenvalue weighted by Crippen LogP contribution is 2.33. The molecule has 0 amide bonds. The summed E-state index contributed by atoms with van der Waals surface area (Å²) in [6.07, 6.45) is 5.99. The van der Waals surface area contributed by atoms with Crippen LogP contribution in [0.15, 0.2) is 22.7 Å². The molecular formula is C17H25BrFN. The van der Waals surface area contributed by atoms with E-state index in [-0.39, 0.29) is 5.82 Å². The first-order valence-corrected chi connectivity index (χ1v) is 8.53. The standard InChI is InChI=1S/C17H25BrFN/c1-12(2)20-11-14-6-4-3-5-13(14)9-15-10-16(18)7-8-17(15)19/h7-8,10,12-14,20H,3-6,9,11H2,1-2H3. The molecule has 0 spiro atoms. The van der Waals surface area contributed by atoms with E-state index in [1.807, 2.05) is 6.07 Å². The first-order chi connectivity index (χ1) is 9.56. The SMILES string of the molecule is CC(C)NCC1CCCCC1Cc1cc(Br)ccc1F. The van der Waals surface area contributed by atoms with Gasteiger partial charge in [0, 0.05) is 10.5 Å². The van der Waals surface area contributed by atoms with Crippen molar-refractivity contribution in [1.29, 1.82) is 0 Å². The number of hydrogen-bond donors (Lipinski definition) is 1. The molecule has 0 bridgehead atoms. The van der Waals surface area contributed by atoms with Gasteiger partial charge in [-0.3, -0.25) is 0 Å². The highest BCUT2D eigenvalue weighted by molar-refractivity contribution is 9.10. The number of hydrogen-bond acceptors (Lipinski definition) is 1. The van der Waals surface area contributed by atoms with Gasteiger partial charge in [0.2, 0.25) is 0 Å². The second kappa shape index (κ2) is 7.56. The summed E-state index contributed by atoms with van der Waals surface area (Å²) in [5.74, 6) is 1.23. The minimum atomic E-state index is -0.0608. The Morgan fingerprint density at radius 3 is 2.65 bits per heavy atom. The van der Waals surface area contributed by atoms with E-state index in [9.17, 15) is 4.39 Å². The number of rotatable bonds is 5. The summed E-state index contributed by atoms with van der Waals surface area (Å²) in [5.41, 5.74) is 0.862. The van der Waals surface area contributed by atoms with Crippen molar-refractivity contribution in [2.75, 3.05) is 6.54 Å². The van der Waals surface area contributed by atoms with Crippen molar-refractivity contribution in [3.05, 3.63) is 34.1 Å². The monoisotopic (exact) mass is 341 g/mol. The summed E-state index contributed by atoms with van der Waals surface area (Å²) in [7, 11) is 0. The molecule has 1 fully saturated rings. The van der Waals surface area contributed by atoms with Crippen molar-refractivity contribution < 1.29 is 4.39 Å². The van der Waals surface area contributed by atoms with Crippen LogP contribution in [0.2, 0.25) is 0 Å². The van der Waals surface area contributed by atoms with E-state index < -0.39 is 0 Å². The quantitative estimate of drug-likeness (QED) is 0.800. The molecule has 3 heteroatoms. The Morgan fingerprint density at radius 2 is 1.95 bits per heavy atom. The largest absolute Gasteiger partial charge is 0.314 e. The van der Waals surface area contributed by atoms with Gasteiger partial charge in [-0.1, -0.05) is 42.6 Å². The Labute approximate surface area is 130 Å². The fraction of sp³-hybridized carbons (Fsp3) is 0.647. The molecule has 2 atom stereocenters. The van der Waals surface area contributed by atoms with Gasteiger partial charge in [-0.25, -0.2) is 4.39 Å². The zero-order valence-electron chi connectivity index (χ0n) is 12.5. The molecule has 112 valence electrons. The van der Waals surface area contributed by atoms with Crippen LogP contribution in [0.4, 0.5) is 4.39 Å². The third-order valence-electron chi connectivity index (χ3n) is 4.34. The molecule has 2 unspecified atom stereocenters. The lowest BCUT2D eigenvalue weighted by atomic mass is 9.76. The van der Waals surface area contributed by atoms with Crippen LogP contribution in [0.5, 0.6) is 0 Å². The first-order valence-electron chi connectivity index (χ1n) is 7.73. The van der Waals surface area contributed by atoms with E-state index in [4.69, 9.17) is 0 Å². The van der Waals surface area contributed by atoms with Crippen LogP contribution in [0.25, 0.3) is 0 Å². The summed E-state index contributed by atoms with van der Waals surface area (Å²) in [6, 6.07) is 5.82. The van der Waals surface area contributed by atoms with Crippen molar-refractivity contribution in [2.24, 2.45) is 11.8 Å². The fourth-order valence-electron chi connectivity index (χ4n) is 3.19. The fourth-order valence-corrected chi connectivity index (χ4v) is 3.60. The predicted molar refractivity (Wildman–Crippen MR) is 86.4 cm³/mol. The maximum Gasteiger partial charge on any atom is 0.126 e. The molecule has 1 N–H and O–H groups in total. The molecule has 0 aromatic heterocycles. The maximum absolute atomic E-state index is 13.9. The minimum absolute atomic E-state index is 0.0608. The lowest BCUT2D eigenvalue weighted by Crippen LogP contribution is -2.35. The van der Waals surface area contributed by atoms with Crippen LogP contribution in [-0.4, -0.2) is 12.6 Å². The summed E-state index contributed by atoms with van der Waals surface area (Å²) in [6.45, 7) is 5.44. The maximum atomic E-state index is 13.9. The minimum Gasteiger partial charge on any atom is -0.314 e. The number of nitrogens with one attached hydrogen (secondary N) is 1. The van der Waals surface area contributed by atoms with Crippen molar-refractivity contribution in [2.45, 2.75) is 52.0 Å². The molecule has 1 saturated carbocycles. The summed E-state index contributed by atoms with van der Waals surface area (Å²) < 4.78 is 14.9. The molecule has 0 heterocycles. The van der Waals surface area contributed by atoms with Crippen LogP contribution in [0.1, 0.15) is 45.1 Å². The Balaban J connectivity index is 2.02. The Hall–Kier alpha value is -0.410. The van der Waals surface area contributed by atoms with Crippen LogP contribution in [0, 0.1) is 17.7 Å². The van der Waals surface area contributed by atoms with E-state index in [0.717, 1.165) is 23.0 Å². The Morgan fingerprint density at radius 1 is 1.25 bits per heavy atom. The van der Waals surface area contributed by atoms with E-state index in [2.05, 4.69) is 35.1 Å². The average Bonchev–Trinajstić information content (AvgIpc) is 2.42. The average molecular weight is 342 g/mol. The second-order valence-electron chi connectivity index (χ2n) is 6.31. The lowest BCUT2D eigenvalue weighted by molar-refractivity contribution is 0.223. The van der Waals surface area contributed by atoms with Gasteiger partial charge < -0.3 is 5.32 Å². The summed E-state index contributed by atoms with van der Waals surface area (Å²) in [5, 5.41) is 3.55. The lowest BCUT2D eigenvalue weighted by Gasteiger charge is -2.32. The molecule has 2 rings (SSSR count). The van der Waals surface area contributed by atoms with E-state index in [1.165, 1.54) is 25.7 Å². The van der Waals surface area contributed by atoms with Gasteiger partial charge in [-0.15, -0.1) is 0 Å². The van der Waals surface area contributed by atoms with E-state index in [0.29, 0.717) is 17.9 Å². The zero-order valence-corrected chi connectivity index (χ0v) is 14.0. The second-order valence-corrected chi connectivity index (χ2v) is 7.22. The van der Waals surface area contributed by atoms with Gasteiger partial charge in [0.05, 0.1) is 0 Å². The Bertz CT molecular complexity index is 433. The van der Waals surface area contributed by atoms with Gasteiger partial charge in [0.1, 0.15) is 5.82 Å². The zero-order chi connectivity index (χ0) is 14.5. The molecule has 20 heavy (non-hydrogen) atoms. The van der Waals surface area contributed by atoms with Crippen molar-refractivity contribution in [3.63, 3.8) is 0 Å². The van der Waals surface area contributed by atoms with Gasteiger partial charge in [0.25, 0.3) is 0 Å². The number of benzene rings is 1. The number of halogens is 2. The van der Waals surface area contributed by atoms with Gasteiger partial charge in [-0.2, -0.15) is 0 Å². The molecule has 1 aromatic rings. The van der Waals surface area contributed by atoms with Crippen molar-refractivity contribution in [1.82, 2.24) is 5.32 Å². The van der Waals surface area contributed by atoms with Crippen LogP contribution in [0.3, 0.4) is 0 Å². The van der Waals surface area contributed by atoms with Crippen molar-refractivity contribution in [3.8, 4) is 0 Å². The smallest absolute Gasteiger partial charge is 0.126 e. The van der Waals surface area contributed by atoms with E-state index >= 15 is 0 Å². The molecule has 0 aliphatic heterocycles. The molecule has 1 nitrogen and oxygen atoms in total. The normalized spacial score (nSPS) is 23.2. The van der Waals surface area contributed by atoms with E-state index in [1.54, 1.807) is 12.1 Å². The van der Waals surface area contributed by atoms with Crippen LogP contribution < -0.4 is 5.32 Å². The van der Waals surface area contributed by atoms with Gasteiger partial charge >= 0.3 is 0 Å². The van der Waals surface area contributed by atoms with Crippen LogP contribution in [-0.2, 0) is 6.42 Å². The summed E-state index contributed by atoms with van der Waals surface area (Å²) in [4.78, 5) is 0. The first kappa shape index (κ1) is 16.0. The molecule has 1 aromatic carbocycles. The molecule has 0 saturated heterocycles. The Kier molecular flexibility index (Phi) is 6.03. The third-order valence-corrected chi connectivity index (χ3v) is 4.84. The van der Waals surface area contributed by atoms with Gasteiger partial charge in [0.15, 0.2) is 0 Å². The highest BCUT2D eigenvalue weighted by Gasteiger charge is 2.26. The summed E-state index contributed by atoms with van der Waals surface area (Å²) >= 11 is 3.45. The van der Waals surface area contributed by atoms with Gasteiger partial charge in [-0.05, 0) is 61.4 Å². The van der Waals surface area contributed by atoms with Crippen LogP contribution >= 0.6 is 15.9 Å². The molecule has 1 aliphatic rings. The van der Waals surface area contributed by atoms with Crippen molar-refractivity contribution >= 4 is 15.9 Å². The predicted octanol–water partition coefficient (Wildman–Crippen LogP) is 4.94. The molecule has 0 radical (unpaired) electrons. The topological polar surface area (TPSA) is 12.0 Å². The third kappa shape index (κ3) is 4.56.